The second kappa shape index (κ2) is 61.4. The Morgan fingerprint density at radius 3 is 0.836 bits per heavy atom. The number of allylic oxidation sites excluding steroid dienone is 2. The van der Waals surface area contributed by atoms with Gasteiger partial charge in [-0.15, -0.1) is 0 Å². The van der Waals surface area contributed by atoms with E-state index < -0.39 is 11.9 Å². The normalized spacial score (nSPS) is 11.8. The summed E-state index contributed by atoms with van der Waals surface area (Å²) in [4.78, 5) is 25.9. The molecule has 0 fully saturated rings. The fraction of sp³-hybridized carbons (Fsp3) is 0.844. The highest BCUT2D eigenvalue weighted by atomic mass is 16.5. The van der Waals surface area contributed by atoms with Crippen LogP contribution < -0.4 is 5.32 Å². The van der Waals surface area contributed by atoms with Crippen molar-refractivity contribution in [2.45, 2.75) is 322 Å². The first-order chi connectivity index (χ1) is 36.0. The molecular weight excluding hydrogens is 907 g/mol. The average molecular weight is 1030 g/mol. The molecule has 0 aliphatic rings. The molecule has 0 aromatic carbocycles. The zero-order chi connectivity index (χ0) is 52.9. The summed E-state index contributed by atoms with van der Waals surface area (Å²) in [6, 6.07) is 0. The van der Waals surface area contributed by atoms with Crippen molar-refractivity contribution in [2.24, 2.45) is 0 Å². The number of carboxylic acid groups (broad SMARTS) is 2. The SMILES string of the molecule is CCCCCCCCCCCCCCCCCCCCCCCCN(C=CNC=CN(COC=CCCC(=O)O)COC=CCCC(=O)O)CCCCCCCCCCCCCCCCCCCCCCCC. The van der Waals surface area contributed by atoms with Gasteiger partial charge in [0.05, 0.1) is 12.5 Å². The van der Waals surface area contributed by atoms with Crippen LogP contribution in [0.25, 0.3) is 0 Å². The molecular formula is C64H121N3O6. The van der Waals surface area contributed by atoms with Crippen LogP contribution in [0.1, 0.15) is 322 Å². The number of unbranched alkanes of at least 4 members (excludes halogenated alkanes) is 42. The largest absolute Gasteiger partial charge is 0.481 e. The zero-order valence-corrected chi connectivity index (χ0v) is 48.3. The number of carbonyl (C=O) groups is 2. The maximum atomic E-state index is 10.8. The molecule has 9 heteroatoms. The number of nitrogens with zero attached hydrogens (tertiary/aromatic N) is 2. The molecule has 0 aliphatic heterocycles. The van der Waals surface area contributed by atoms with E-state index in [1.807, 2.05) is 23.5 Å². The first kappa shape index (κ1) is 69.9. The Bertz CT molecular complexity index is 1160. The maximum Gasteiger partial charge on any atom is 0.303 e. The van der Waals surface area contributed by atoms with Gasteiger partial charge in [-0.25, -0.2) is 0 Å². The van der Waals surface area contributed by atoms with Crippen molar-refractivity contribution in [1.29, 1.82) is 0 Å². The van der Waals surface area contributed by atoms with E-state index >= 15 is 0 Å². The molecule has 0 atom stereocenters. The lowest BCUT2D eigenvalue weighted by molar-refractivity contribution is -0.137. The Morgan fingerprint density at radius 2 is 0.589 bits per heavy atom. The molecule has 0 spiro atoms. The van der Waals surface area contributed by atoms with Crippen molar-refractivity contribution >= 4 is 11.9 Å². The number of hydrogen-bond acceptors (Lipinski definition) is 7. The van der Waals surface area contributed by atoms with Gasteiger partial charge in [-0.2, -0.15) is 0 Å². The van der Waals surface area contributed by atoms with Crippen molar-refractivity contribution in [3.63, 3.8) is 0 Å². The summed E-state index contributed by atoms with van der Waals surface area (Å²) in [7, 11) is 0. The smallest absolute Gasteiger partial charge is 0.303 e. The first-order valence-electron chi connectivity index (χ1n) is 31.5. The van der Waals surface area contributed by atoms with E-state index in [1.54, 1.807) is 12.2 Å². The van der Waals surface area contributed by atoms with Crippen molar-refractivity contribution in [2.75, 3.05) is 26.6 Å². The molecule has 3 N–H and O–H groups in total. The highest BCUT2D eigenvalue weighted by Crippen LogP contribution is 2.18. The van der Waals surface area contributed by atoms with Crippen LogP contribution in [0.4, 0.5) is 0 Å². The number of nitrogens with one attached hydrogen (secondary N) is 1. The lowest BCUT2D eigenvalue weighted by atomic mass is 10.0. The molecule has 0 amide bonds. The molecule has 0 aliphatic carbocycles. The summed E-state index contributed by atoms with van der Waals surface area (Å²) in [5, 5.41) is 21.1. The fourth-order valence-corrected chi connectivity index (χ4v) is 9.55. The Hall–Kier alpha value is -3.10. The molecule has 0 unspecified atom stereocenters. The summed E-state index contributed by atoms with van der Waals surface area (Å²) in [6.07, 6.45) is 77.1. The molecule has 0 aromatic heterocycles. The molecule has 0 saturated carbocycles. The minimum atomic E-state index is -0.841. The molecule has 0 radical (unpaired) electrons. The van der Waals surface area contributed by atoms with Crippen LogP contribution in [-0.2, 0) is 19.1 Å². The van der Waals surface area contributed by atoms with Gasteiger partial charge in [0, 0.05) is 50.7 Å². The second-order valence-corrected chi connectivity index (χ2v) is 21.5. The zero-order valence-electron chi connectivity index (χ0n) is 48.3. The third-order valence-electron chi connectivity index (χ3n) is 14.3. The van der Waals surface area contributed by atoms with Crippen LogP contribution in [0, 0.1) is 0 Å². The van der Waals surface area contributed by atoms with Crippen molar-refractivity contribution in [3.8, 4) is 0 Å². The second-order valence-electron chi connectivity index (χ2n) is 21.5. The van der Waals surface area contributed by atoms with Gasteiger partial charge in [-0.05, 0) is 37.8 Å². The number of ether oxygens (including phenoxy) is 2. The van der Waals surface area contributed by atoms with Gasteiger partial charge in [0.25, 0.3) is 0 Å². The van der Waals surface area contributed by atoms with Gasteiger partial charge in [-0.1, -0.05) is 284 Å². The predicted octanol–water partition coefficient (Wildman–Crippen LogP) is 20.0. The predicted molar refractivity (Wildman–Crippen MR) is 313 cm³/mol. The van der Waals surface area contributed by atoms with E-state index in [4.69, 9.17) is 19.7 Å². The summed E-state index contributed by atoms with van der Waals surface area (Å²) in [6.45, 7) is 7.17. The number of hydrogen-bond donors (Lipinski definition) is 3. The molecule has 0 bridgehead atoms. The summed E-state index contributed by atoms with van der Waals surface area (Å²) < 4.78 is 11.2. The Morgan fingerprint density at radius 1 is 0.356 bits per heavy atom. The third-order valence-corrected chi connectivity index (χ3v) is 14.3. The van der Waals surface area contributed by atoms with E-state index in [9.17, 15) is 9.59 Å². The third kappa shape index (κ3) is 61.3. The van der Waals surface area contributed by atoms with Gasteiger partial charge in [-0.3, -0.25) is 9.59 Å². The van der Waals surface area contributed by atoms with Crippen molar-refractivity contribution in [1.82, 2.24) is 15.1 Å². The van der Waals surface area contributed by atoms with E-state index in [0.29, 0.717) is 12.8 Å². The van der Waals surface area contributed by atoms with Crippen LogP contribution in [-0.4, -0.2) is 58.5 Å². The molecule has 428 valence electrons. The van der Waals surface area contributed by atoms with Crippen LogP contribution >= 0.6 is 0 Å². The minimum absolute atomic E-state index is 0.0558. The Kier molecular flexibility index (Phi) is 58.8. The summed E-state index contributed by atoms with van der Waals surface area (Å²) in [5.74, 6) is -1.68. The lowest BCUT2D eigenvalue weighted by Gasteiger charge is -2.21. The standard InChI is InChI=1S/C64H121N3O6/c1-3-5-7-9-11-13-15-17-19-21-23-25-27-29-31-33-35-37-39-41-43-47-55-66(56-48-44-42-40-38-36-34-32-30-28-26-24-22-20-18-16-14-12-10-8-6-4-2)57-53-65-54-58-67(61-72-59-49-45-51-63(68)69)62-73-60-50-46-52-64(70)71/h49-50,53-54,57-60,65H,3-48,51-52,55-56,61-62H2,1-2H3,(H,68,69)(H,70,71). The average Bonchev–Trinajstić information content (AvgIpc) is 3.38. The highest BCUT2D eigenvalue weighted by Gasteiger charge is 2.03. The molecule has 0 heterocycles. The quantitative estimate of drug-likeness (QED) is 0.0311. The Labute approximate surface area is 452 Å². The minimum Gasteiger partial charge on any atom is -0.481 e. The van der Waals surface area contributed by atoms with E-state index in [1.165, 1.54) is 295 Å². The van der Waals surface area contributed by atoms with Crippen LogP contribution in [0.2, 0.25) is 0 Å². The highest BCUT2D eigenvalue weighted by molar-refractivity contribution is 5.67. The monoisotopic (exact) mass is 1030 g/mol. The molecule has 0 saturated heterocycles. The van der Waals surface area contributed by atoms with Crippen molar-refractivity contribution in [3.05, 3.63) is 49.5 Å². The molecule has 0 rings (SSSR count). The lowest BCUT2D eigenvalue weighted by Crippen LogP contribution is -2.23. The van der Waals surface area contributed by atoms with Gasteiger partial charge >= 0.3 is 11.9 Å². The summed E-state index contributed by atoms with van der Waals surface area (Å²) in [5.41, 5.74) is 0. The van der Waals surface area contributed by atoms with E-state index in [0.717, 1.165) is 13.1 Å². The first-order valence-corrected chi connectivity index (χ1v) is 31.5. The number of rotatable bonds is 62. The molecule has 9 nitrogen and oxygen atoms in total. The summed E-state index contributed by atoms with van der Waals surface area (Å²) >= 11 is 0. The van der Waals surface area contributed by atoms with Gasteiger partial charge in [0.15, 0.2) is 13.5 Å². The number of aliphatic carboxylic acids is 2. The van der Waals surface area contributed by atoms with Gasteiger partial charge < -0.3 is 34.8 Å². The molecule has 73 heavy (non-hydrogen) atoms. The van der Waals surface area contributed by atoms with E-state index in [-0.39, 0.29) is 26.3 Å². The van der Waals surface area contributed by atoms with Crippen molar-refractivity contribution < 1.29 is 29.3 Å². The fourth-order valence-electron chi connectivity index (χ4n) is 9.55. The topological polar surface area (TPSA) is 112 Å². The molecule has 0 aromatic rings. The maximum absolute atomic E-state index is 10.8. The van der Waals surface area contributed by atoms with Crippen LogP contribution in [0.15, 0.2) is 49.5 Å². The van der Waals surface area contributed by atoms with Crippen LogP contribution in [0.5, 0.6) is 0 Å². The Balaban J connectivity index is 4.54. The van der Waals surface area contributed by atoms with Gasteiger partial charge in [0.2, 0.25) is 0 Å². The van der Waals surface area contributed by atoms with Gasteiger partial charge in [0.1, 0.15) is 0 Å². The van der Waals surface area contributed by atoms with E-state index in [2.05, 4.69) is 30.3 Å². The number of carboxylic acids is 2. The van der Waals surface area contributed by atoms with Crippen LogP contribution in [0.3, 0.4) is 0 Å².